The molecule has 1 saturated carbocycles. The molecule has 1 aliphatic carbocycles. The lowest BCUT2D eigenvalue weighted by atomic mass is 9.78. The quantitative estimate of drug-likeness (QED) is 0.837. The van der Waals surface area contributed by atoms with Crippen LogP contribution in [0.3, 0.4) is 0 Å². The van der Waals surface area contributed by atoms with E-state index in [4.69, 9.17) is 0 Å². The van der Waals surface area contributed by atoms with Crippen LogP contribution < -0.4 is 4.90 Å². The molecule has 1 aromatic rings. The molecule has 3 fully saturated rings. The van der Waals surface area contributed by atoms with Crippen LogP contribution in [-0.2, 0) is 4.79 Å². The zero-order valence-corrected chi connectivity index (χ0v) is 15.0. The van der Waals surface area contributed by atoms with Crippen molar-refractivity contribution in [1.29, 1.82) is 0 Å². The van der Waals surface area contributed by atoms with Gasteiger partial charge in [0.2, 0.25) is 11.9 Å². The normalized spacial score (nSPS) is 27.8. The van der Waals surface area contributed by atoms with Gasteiger partial charge in [0.05, 0.1) is 6.54 Å². The van der Waals surface area contributed by atoms with Gasteiger partial charge in [0.1, 0.15) is 0 Å². The molecule has 0 aromatic carbocycles. The summed E-state index contributed by atoms with van der Waals surface area (Å²) in [5.74, 6) is 1.91. The van der Waals surface area contributed by atoms with E-state index in [-0.39, 0.29) is 0 Å². The van der Waals surface area contributed by atoms with Crippen LogP contribution in [0.4, 0.5) is 5.95 Å². The number of nitrogens with zero attached hydrogens (tertiary/aromatic N) is 5. The number of likely N-dealkylation sites (tertiary alicyclic amines) is 1. The Balaban J connectivity index is 1.30. The third kappa shape index (κ3) is 3.78. The molecule has 6 nitrogen and oxygen atoms in total. The van der Waals surface area contributed by atoms with E-state index >= 15 is 0 Å². The van der Waals surface area contributed by atoms with Gasteiger partial charge in [-0.3, -0.25) is 9.69 Å². The maximum Gasteiger partial charge on any atom is 0.236 e. The molecule has 136 valence electrons. The maximum absolute atomic E-state index is 12.8. The number of piperazine rings is 1. The first-order valence-corrected chi connectivity index (χ1v) is 9.85. The lowest BCUT2D eigenvalue weighted by Gasteiger charge is -2.44. The van der Waals surface area contributed by atoms with Crippen molar-refractivity contribution in [2.75, 3.05) is 44.2 Å². The Hall–Kier alpha value is -1.69. The van der Waals surface area contributed by atoms with Crippen molar-refractivity contribution in [3.8, 4) is 0 Å². The molecule has 1 amide bonds. The molecule has 2 aliphatic heterocycles. The number of hydrogen-bond acceptors (Lipinski definition) is 5. The van der Waals surface area contributed by atoms with E-state index in [9.17, 15) is 4.79 Å². The van der Waals surface area contributed by atoms with Crippen molar-refractivity contribution in [3.63, 3.8) is 0 Å². The maximum atomic E-state index is 12.8. The minimum atomic E-state index is 0.305. The third-order valence-electron chi connectivity index (χ3n) is 6.16. The summed E-state index contributed by atoms with van der Waals surface area (Å²) >= 11 is 0. The van der Waals surface area contributed by atoms with E-state index in [0.717, 1.165) is 44.6 Å². The second kappa shape index (κ2) is 7.68. The number of fused-ring (bicyclic) bond motifs is 1. The van der Waals surface area contributed by atoms with Crippen LogP contribution in [0.2, 0.25) is 0 Å². The number of aromatic nitrogens is 2. The Bertz CT molecular complexity index is 570. The van der Waals surface area contributed by atoms with Gasteiger partial charge < -0.3 is 9.80 Å². The summed E-state index contributed by atoms with van der Waals surface area (Å²) in [6.07, 6.45) is 11.5. The van der Waals surface area contributed by atoms with Crippen LogP contribution in [0.25, 0.3) is 0 Å². The van der Waals surface area contributed by atoms with Crippen LogP contribution in [0.15, 0.2) is 18.5 Å². The zero-order valence-electron chi connectivity index (χ0n) is 15.0. The minimum absolute atomic E-state index is 0.305. The fourth-order valence-corrected chi connectivity index (χ4v) is 4.81. The zero-order chi connectivity index (χ0) is 17.1. The topological polar surface area (TPSA) is 52.6 Å². The average molecular weight is 343 g/mol. The van der Waals surface area contributed by atoms with Crippen LogP contribution >= 0.6 is 0 Å². The van der Waals surface area contributed by atoms with Gasteiger partial charge in [-0.25, -0.2) is 9.97 Å². The summed E-state index contributed by atoms with van der Waals surface area (Å²) < 4.78 is 0. The van der Waals surface area contributed by atoms with Crippen LogP contribution in [0, 0.1) is 5.92 Å². The molecular weight excluding hydrogens is 314 g/mol. The van der Waals surface area contributed by atoms with Gasteiger partial charge in [-0.15, -0.1) is 0 Å². The van der Waals surface area contributed by atoms with E-state index in [1.165, 1.54) is 38.5 Å². The summed E-state index contributed by atoms with van der Waals surface area (Å²) in [5, 5.41) is 0. The first-order chi connectivity index (χ1) is 12.3. The van der Waals surface area contributed by atoms with E-state index in [1.807, 2.05) is 11.0 Å². The second-order valence-corrected chi connectivity index (χ2v) is 7.64. The van der Waals surface area contributed by atoms with Crippen molar-refractivity contribution in [2.24, 2.45) is 5.92 Å². The first-order valence-electron chi connectivity index (χ1n) is 9.85. The second-order valence-electron chi connectivity index (χ2n) is 7.64. The van der Waals surface area contributed by atoms with Crippen molar-refractivity contribution < 1.29 is 4.79 Å². The molecule has 2 atom stereocenters. The molecule has 4 rings (SSSR count). The highest BCUT2D eigenvalue weighted by atomic mass is 16.2. The predicted molar refractivity (Wildman–Crippen MR) is 97.4 cm³/mol. The SMILES string of the molecule is O=C(CN1CCC[C@H]2CCCC[C@@H]21)N1CCN(c2ncccn2)CC1. The molecule has 0 spiro atoms. The largest absolute Gasteiger partial charge is 0.338 e. The molecule has 3 heterocycles. The molecular formula is C19H29N5O. The molecule has 1 aromatic heterocycles. The van der Waals surface area contributed by atoms with Gasteiger partial charge in [0.25, 0.3) is 0 Å². The number of rotatable bonds is 3. The highest BCUT2D eigenvalue weighted by Crippen LogP contribution is 2.35. The molecule has 25 heavy (non-hydrogen) atoms. The summed E-state index contributed by atoms with van der Waals surface area (Å²) in [7, 11) is 0. The van der Waals surface area contributed by atoms with Crippen LogP contribution in [0.5, 0.6) is 0 Å². The third-order valence-corrected chi connectivity index (χ3v) is 6.16. The lowest BCUT2D eigenvalue weighted by Crippen LogP contribution is -2.54. The summed E-state index contributed by atoms with van der Waals surface area (Å²) in [6.45, 7) is 4.91. The molecule has 0 bridgehead atoms. The molecule has 0 radical (unpaired) electrons. The highest BCUT2D eigenvalue weighted by molar-refractivity contribution is 5.78. The van der Waals surface area contributed by atoms with E-state index in [2.05, 4.69) is 19.8 Å². The number of anilines is 1. The lowest BCUT2D eigenvalue weighted by molar-refractivity contribution is -0.134. The summed E-state index contributed by atoms with van der Waals surface area (Å²) in [4.78, 5) is 28.1. The van der Waals surface area contributed by atoms with E-state index < -0.39 is 0 Å². The van der Waals surface area contributed by atoms with Crippen molar-refractivity contribution in [3.05, 3.63) is 18.5 Å². The monoisotopic (exact) mass is 343 g/mol. The Morgan fingerprint density at radius 2 is 1.68 bits per heavy atom. The van der Waals surface area contributed by atoms with Gasteiger partial charge in [-0.2, -0.15) is 0 Å². The first kappa shape index (κ1) is 16.8. The molecule has 2 saturated heterocycles. The Kier molecular flexibility index (Phi) is 5.15. The Morgan fingerprint density at radius 3 is 2.48 bits per heavy atom. The highest BCUT2D eigenvalue weighted by Gasteiger charge is 2.35. The Morgan fingerprint density at radius 1 is 0.960 bits per heavy atom. The summed E-state index contributed by atoms with van der Waals surface area (Å²) in [5.41, 5.74) is 0. The number of carbonyl (C=O) groups excluding carboxylic acids is 1. The standard InChI is InChI=1S/C19H29N5O/c25-18(15-24-10-3-6-16-5-1-2-7-17(16)24)22-11-13-23(14-12-22)19-20-8-4-9-21-19/h4,8-9,16-17H,1-3,5-7,10-15H2/t16-,17+/m1/s1. The fraction of sp³-hybridized carbons (Fsp3) is 0.737. The van der Waals surface area contributed by atoms with Gasteiger partial charge in [-0.05, 0) is 44.2 Å². The predicted octanol–water partition coefficient (Wildman–Crippen LogP) is 1.78. The van der Waals surface area contributed by atoms with Gasteiger partial charge in [0, 0.05) is 44.6 Å². The molecule has 6 heteroatoms. The fourth-order valence-electron chi connectivity index (χ4n) is 4.81. The van der Waals surface area contributed by atoms with Crippen molar-refractivity contribution >= 4 is 11.9 Å². The van der Waals surface area contributed by atoms with E-state index in [0.29, 0.717) is 18.5 Å². The van der Waals surface area contributed by atoms with Gasteiger partial charge in [0.15, 0.2) is 0 Å². The van der Waals surface area contributed by atoms with Crippen molar-refractivity contribution in [2.45, 2.75) is 44.6 Å². The minimum Gasteiger partial charge on any atom is -0.338 e. The number of hydrogen-bond donors (Lipinski definition) is 0. The summed E-state index contributed by atoms with van der Waals surface area (Å²) in [6, 6.07) is 2.49. The van der Waals surface area contributed by atoms with Gasteiger partial charge in [-0.1, -0.05) is 12.8 Å². The van der Waals surface area contributed by atoms with Gasteiger partial charge >= 0.3 is 0 Å². The molecule has 0 unspecified atom stereocenters. The number of amides is 1. The number of carbonyl (C=O) groups is 1. The van der Waals surface area contributed by atoms with Crippen LogP contribution in [-0.4, -0.2) is 71.0 Å². The molecule has 3 aliphatic rings. The van der Waals surface area contributed by atoms with Crippen molar-refractivity contribution in [1.82, 2.24) is 19.8 Å². The van der Waals surface area contributed by atoms with Crippen LogP contribution in [0.1, 0.15) is 38.5 Å². The average Bonchev–Trinajstić information content (AvgIpc) is 2.69. The van der Waals surface area contributed by atoms with E-state index in [1.54, 1.807) is 12.4 Å². The Labute approximate surface area is 150 Å². The smallest absolute Gasteiger partial charge is 0.236 e. The molecule has 0 N–H and O–H groups in total. The number of piperidine rings is 1.